The maximum absolute atomic E-state index is 4.00. The van der Waals surface area contributed by atoms with Crippen LogP contribution in [0.4, 0.5) is 0 Å². The number of hydrogen-bond donors (Lipinski definition) is 0. The average molecular weight is 115 g/mol. The molecule has 1 heterocycles. The molecule has 0 fully saturated rings. The first-order valence-electron chi connectivity index (χ1n) is 1.75. The van der Waals surface area contributed by atoms with E-state index in [9.17, 15) is 0 Å². The second-order valence-corrected chi connectivity index (χ2v) is 3.82. The number of nitrogens with zero attached hydrogens (tertiary/aromatic N) is 1. The molecule has 0 N–H and O–H groups in total. The SMILES string of the molecule is [SiH3]c1nccs1. The lowest BCUT2D eigenvalue weighted by Gasteiger charge is -1.65. The fourth-order valence-corrected chi connectivity index (χ4v) is 1.29. The van der Waals surface area contributed by atoms with E-state index in [0.717, 1.165) is 10.2 Å². The van der Waals surface area contributed by atoms with Crippen LogP contribution < -0.4 is 4.63 Å². The molecule has 3 heteroatoms. The normalized spacial score (nSPS) is 9.33. The standard InChI is InChI=1S/C3H5NSSi/c6-3-4-1-2-5-3/h1-2H,6H3. The molecule has 0 aliphatic carbocycles. The molecule has 0 aromatic carbocycles. The summed E-state index contributed by atoms with van der Waals surface area (Å²) < 4.78 is 1.27. The monoisotopic (exact) mass is 115 g/mol. The Balaban J connectivity index is 3.05. The second kappa shape index (κ2) is 1.53. The lowest BCUT2D eigenvalue weighted by molar-refractivity contribution is 1.48. The molecule has 0 saturated carbocycles. The van der Waals surface area contributed by atoms with Crippen LogP contribution in [-0.2, 0) is 0 Å². The molecular weight excluding hydrogens is 110 g/mol. The van der Waals surface area contributed by atoms with E-state index >= 15 is 0 Å². The summed E-state index contributed by atoms with van der Waals surface area (Å²) >= 11 is 1.73. The highest BCUT2D eigenvalue weighted by Crippen LogP contribution is 1.81. The summed E-state index contributed by atoms with van der Waals surface area (Å²) in [6.07, 6.45) is 1.84. The van der Waals surface area contributed by atoms with Gasteiger partial charge in [0.25, 0.3) is 0 Å². The third kappa shape index (κ3) is 0.665. The minimum Gasteiger partial charge on any atom is -0.256 e. The van der Waals surface area contributed by atoms with Gasteiger partial charge in [-0.1, -0.05) is 0 Å². The van der Waals surface area contributed by atoms with Crippen molar-refractivity contribution in [2.75, 3.05) is 0 Å². The molecule has 0 atom stereocenters. The molecule has 0 aliphatic heterocycles. The van der Waals surface area contributed by atoms with Crippen molar-refractivity contribution in [2.24, 2.45) is 0 Å². The highest BCUT2D eigenvalue weighted by atomic mass is 32.1. The van der Waals surface area contributed by atoms with Crippen LogP contribution in [-0.4, -0.2) is 15.2 Å². The summed E-state index contributed by atoms with van der Waals surface area (Å²) in [5, 5.41) is 2.00. The number of rotatable bonds is 0. The van der Waals surface area contributed by atoms with Gasteiger partial charge in [0.1, 0.15) is 0 Å². The molecule has 0 bridgehead atoms. The molecule has 32 valence electrons. The van der Waals surface area contributed by atoms with E-state index in [1.165, 1.54) is 4.63 Å². The van der Waals surface area contributed by atoms with E-state index in [0.29, 0.717) is 0 Å². The Morgan fingerprint density at radius 2 is 2.67 bits per heavy atom. The van der Waals surface area contributed by atoms with Crippen molar-refractivity contribution in [3.8, 4) is 0 Å². The lowest BCUT2D eigenvalue weighted by atomic mass is 11.0. The van der Waals surface area contributed by atoms with Crippen LogP contribution in [0.2, 0.25) is 0 Å². The molecular formula is C3H5NSSi. The third-order valence-electron chi connectivity index (χ3n) is 0.556. The van der Waals surface area contributed by atoms with Crippen LogP contribution in [0.15, 0.2) is 11.6 Å². The Morgan fingerprint density at radius 1 is 1.83 bits per heavy atom. The first-order valence-corrected chi connectivity index (χ1v) is 3.63. The summed E-state index contributed by atoms with van der Waals surface area (Å²) in [5.41, 5.74) is 0. The van der Waals surface area contributed by atoms with Crippen LogP contribution in [0.1, 0.15) is 0 Å². The highest BCUT2D eigenvalue weighted by Gasteiger charge is 1.76. The Kier molecular flexibility index (Phi) is 1.02. The van der Waals surface area contributed by atoms with Crippen LogP contribution >= 0.6 is 11.3 Å². The first-order chi connectivity index (χ1) is 2.89. The summed E-state index contributed by atoms with van der Waals surface area (Å²) in [4.78, 5) is 4.00. The maximum Gasteiger partial charge on any atom is 0.0754 e. The quantitative estimate of drug-likeness (QED) is 0.401. The van der Waals surface area contributed by atoms with Gasteiger partial charge in [-0.2, -0.15) is 0 Å². The predicted molar refractivity (Wildman–Crippen MR) is 31.7 cm³/mol. The fraction of sp³-hybridized carbons (Fsp3) is 0. The molecule has 0 saturated heterocycles. The molecule has 0 aliphatic rings. The van der Waals surface area contributed by atoms with Crippen LogP contribution in [0.5, 0.6) is 0 Å². The van der Waals surface area contributed by atoms with Gasteiger partial charge in [0.15, 0.2) is 0 Å². The van der Waals surface area contributed by atoms with Gasteiger partial charge in [-0.05, 0) is 0 Å². The van der Waals surface area contributed by atoms with E-state index in [-0.39, 0.29) is 0 Å². The second-order valence-electron chi connectivity index (χ2n) is 1.05. The number of hydrogen-bond acceptors (Lipinski definition) is 2. The van der Waals surface area contributed by atoms with Crippen molar-refractivity contribution < 1.29 is 0 Å². The lowest BCUT2D eigenvalue weighted by Crippen LogP contribution is -1.95. The minimum atomic E-state index is 1.10. The van der Waals surface area contributed by atoms with Gasteiger partial charge in [-0.15, -0.1) is 11.3 Å². The van der Waals surface area contributed by atoms with Crippen molar-refractivity contribution >= 4 is 26.2 Å². The summed E-state index contributed by atoms with van der Waals surface area (Å²) in [6, 6.07) is 0. The first kappa shape index (κ1) is 4.02. The summed E-state index contributed by atoms with van der Waals surface area (Å²) in [6.45, 7) is 0. The van der Waals surface area contributed by atoms with Gasteiger partial charge >= 0.3 is 0 Å². The summed E-state index contributed by atoms with van der Waals surface area (Å²) in [5.74, 6) is 0. The van der Waals surface area contributed by atoms with Gasteiger partial charge in [0.2, 0.25) is 0 Å². The molecule has 0 spiro atoms. The topological polar surface area (TPSA) is 12.9 Å². The van der Waals surface area contributed by atoms with E-state index in [4.69, 9.17) is 0 Å². The van der Waals surface area contributed by atoms with E-state index in [1.807, 2.05) is 11.6 Å². The molecule has 0 radical (unpaired) electrons. The van der Waals surface area contributed by atoms with Crippen LogP contribution in [0, 0.1) is 0 Å². The van der Waals surface area contributed by atoms with Gasteiger partial charge in [-0.3, -0.25) is 4.98 Å². The smallest absolute Gasteiger partial charge is 0.0754 e. The average Bonchev–Trinajstić information content (AvgIpc) is 1.86. The fourth-order valence-electron chi connectivity index (χ4n) is 0.295. The van der Waals surface area contributed by atoms with Crippen molar-refractivity contribution in [3.63, 3.8) is 0 Å². The van der Waals surface area contributed by atoms with Gasteiger partial charge in [0, 0.05) is 11.6 Å². The zero-order chi connectivity index (χ0) is 4.41. The van der Waals surface area contributed by atoms with Crippen molar-refractivity contribution in [3.05, 3.63) is 11.6 Å². The third-order valence-corrected chi connectivity index (χ3v) is 2.23. The zero-order valence-corrected chi connectivity index (χ0v) is 6.33. The predicted octanol–water partition coefficient (Wildman–Crippen LogP) is -0.866. The van der Waals surface area contributed by atoms with Crippen molar-refractivity contribution in [1.29, 1.82) is 0 Å². The van der Waals surface area contributed by atoms with Crippen LogP contribution in [0.3, 0.4) is 0 Å². The number of aromatic nitrogens is 1. The Morgan fingerprint density at radius 3 is 2.83 bits per heavy atom. The Hall–Kier alpha value is -0.153. The Labute approximate surface area is 43.5 Å². The molecule has 1 nitrogen and oxygen atoms in total. The molecule has 6 heavy (non-hydrogen) atoms. The van der Waals surface area contributed by atoms with Gasteiger partial charge in [-0.25, -0.2) is 0 Å². The van der Waals surface area contributed by atoms with Gasteiger partial charge in [0.05, 0.1) is 14.9 Å². The molecule has 1 rings (SSSR count). The van der Waals surface area contributed by atoms with E-state index in [1.54, 1.807) is 11.3 Å². The zero-order valence-electron chi connectivity index (χ0n) is 3.51. The summed E-state index contributed by atoms with van der Waals surface area (Å²) in [7, 11) is 1.10. The van der Waals surface area contributed by atoms with Crippen LogP contribution in [0.25, 0.3) is 0 Å². The molecule has 0 amide bonds. The molecule has 1 aromatic rings. The van der Waals surface area contributed by atoms with E-state index in [2.05, 4.69) is 4.98 Å². The van der Waals surface area contributed by atoms with Crippen molar-refractivity contribution in [1.82, 2.24) is 4.98 Å². The molecule has 1 aromatic heterocycles. The largest absolute Gasteiger partial charge is 0.256 e. The highest BCUT2D eigenvalue weighted by molar-refractivity contribution is 7.17. The minimum absolute atomic E-state index is 1.10. The van der Waals surface area contributed by atoms with Gasteiger partial charge < -0.3 is 0 Å². The molecule has 0 unspecified atom stereocenters. The Bertz CT molecular complexity index is 114. The van der Waals surface area contributed by atoms with Crippen molar-refractivity contribution in [2.45, 2.75) is 0 Å². The maximum atomic E-state index is 4.00. The van der Waals surface area contributed by atoms with E-state index < -0.39 is 0 Å². The number of thiazole rings is 1.